The number of hydrogen-bond acceptors (Lipinski definition) is 3. The Hall–Kier alpha value is -2.82. The maximum Gasteiger partial charge on any atom is 0.253 e. The van der Waals surface area contributed by atoms with E-state index in [0.717, 1.165) is 16.8 Å². The lowest BCUT2D eigenvalue weighted by Crippen LogP contribution is -2.30. The Labute approximate surface area is 155 Å². The number of carbonyl (C=O) groups is 2. The Morgan fingerprint density at radius 2 is 1.58 bits per heavy atom. The molecular formula is C21H27N3O2. The summed E-state index contributed by atoms with van der Waals surface area (Å²) in [6, 6.07) is 13.1. The summed E-state index contributed by atoms with van der Waals surface area (Å²) in [4.78, 5) is 26.4. The van der Waals surface area contributed by atoms with Crippen molar-refractivity contribution in [3.8, 4) is 0 Å². The van der Waals surface area contributed by atoms with Gasteiger partial charge in [0, 0.05) is 30.0 Å². The fourth-order valence-corrected chi connectivity index (χ4v) is 2.89. The molecule has 0 aliphatic rings. The molecule has 2 amide bonds. The van der Waals surface area contributed by atoms with Crippen molar-refractivity contribution in [1.29, 1.82) is 0 Å². The van der Waals surface area contributed by atoms with Crippen LogP contribution >= 0.6 is 0 Å². The van der Waals surface area contributed by atoms with Crippen molar-refractivity contribution in [1.82, 2.24) is 4.90 Å². The smallest absolute Gasteiger partial charge is 0.253 e. The third kappa shape index (κ3) is 5.34. The zero-order valence-corrected chi connectivity index (χ0v) is 15.9. The van der Waals surface area contributed by atoms with Crippen LogP contribution in [0.2, 0.25) is 0 Å². The van der Waals surface area contributed by atoms with E-state index in [1.165, 1.54) is 0 Å². The predicted molar refractivity (Wildman–Crippen MR) is 107 cm³/mol. The summed E-state index contributed by atoms with van der Waals surface area (Å²) in [6.45, 7) is 9.43. The lowest BCUT2D eigenvalue weighted by atomic mass is 10.1. The Morgan fingerprint density at radius 3 is 2.19 bits per heavy atom. The van der Waals surface area contributed by atoms with E-state index in [2.05, 4.69) is 16.7 Å². The van der Waals surface area contributed by atoms with Gasteiger partial charge in [0.25, 0.3) is 5.91 Å². The molecule has 5 heteroatoms. The van der Waals surface area contributed by atoms with Crippen LogP contribution in [0.4, 0.5) is 11.4 Å². The average Bonchev–Trinajstić information content (AvgIpc) is 2.60. The van der Waals surface area contributed by atoms with Gasteiger partial charge in [-0.3, -0.25) is 9.59 Å². The van der Waals surface area contributed by atoms with E-state index in [1.807, 2.05) is 39.8 Å². The molecule has 2 aromatic carbocycles. The second-order valence-corrected chi connectivity index (χ2v) is 6.34. The summed E-state index contributed by atoms with van der Waals surface area (Å²) >= 11 is 0. The topological polar surface area (TPSA) is 61.4 Å². The second kappa shape index (κ2) is 9.04. The van der Waals surface area contributed by atoms with Gasteiger partial charge in [0.15, 0.2) is 0 Å². The van der Waals surface area contributed by atoms with Gasteiger partial charge >= 0.3 is 0 Å². The SMILES string of the molecule is CCN(CC)C(=O)c1cccc(NC(=O)CNc2cc(C)cc(C)c2)c1. The molecule has 0 heterocycles. The highest BCUT2D eigenvalue weighted by Crippen LogP contribution is 2.15. The minimum Gasteiger partial charge on any atom is -0.376 e. The van der Waals surface area contributed by atoms with E-state index in [-0.39, 0.29) is 18.4 Å². The summed E-state index contributed by atoms with van der Waals surface area (Å²) in [7, 11) is 0. The number of aryl methyl sites for hydroxylation is 2. The van der Waals surface area contributed by atoms with Crippen LogP contribution < -0.4 is 10.6 Å². The zero-order valence-electron chi connectivity index (χ0n) is 15.9. The summed E-state index contributed by atoms with van der Waals surface area (Å²) in [6.07, 6.45) is 0. The summed E-state index contributed by atoms with van der Waals surface area (Å²) in [5.74, 6) is -0.184. The van der Waals surface area contributed by atoms with E-state index < -0.39 is 0 Å². The normalized spacial score (nSPS) is 10.3. The van der Waals surface area contributed by atoms with Crippen molar-refractivity contribution in [2.75, 3.05) is 30.3 Å². The van der Waals surface area contributed by atoms with E-state index in [1.54, 1.807) is 29.2 Å². The van der Waals surface area contributed by atoms with Crippen LogP contribution in [0, 0.1) is 13.8 Å². The number of benzene rings is 2. The summed E-state index contributed by atoms with van der Waals surface area (Å²) in [5.41, 5.74) is 4.41. The molecule has 0 saturated carbocycles. The van der Waals surface area contributed by atoms with Crippen LogP contribution in [0.5, 0.6) is 0 Å². The van der Waals surface area contributed by atoms with Crippen LogP contribution in [-0.4, -0.2) is 36.3 Å². The monoisotopic (exact) mass is 353 g/mol. The van der Waals surface area contributed by atoms with Gasteiger partial charge in [-0.1, -0.05) is 12.1 Å². The molecule has 2 N–H and O–H groups in total. The Bertz CT molecular complexity index is 762. The van der Waals surface area contributed by atoms with Crippen LogP contribution in [0.1, 0.15) is 35.3 Å². The highest BCUT2D eigenvalue weighted by molar-refractivity contribution is 5.98. The Balaban J connectivity index is 1.98. The maximum atomic E-state index is 12.4. The van der Waals surface area contributed by atoms with Gasteiger partial charge in [0.2, 0.25) is 5.91 Å². The Kier molecular flexibility index (Phi) is 6.78. The van der Waals surface area contributed by atoms with Gasteiger partial charge in [0.1, 0.15) is 0 Å². The van der Waals surface area contributed by atoms with Crippen molar-refractivity contribution >= 4 is 23.2 Å². The number of rotatable bonds is 7. The number of carbonyl (C=O) groups excluding carboxylic acids is 2. The summed E-state index contributed by atoms with van der Waals surface area (Å²) < 4.78 is 0. The van der Waals surface area contributed by atoms with Crippen molar-refractivity contribution in [2.45, 2.75) is 27.7 Å². The highest BCUT2D eigenvalue weighted by Gasteiger charge is 2.13. The standard InChI is InChI=1S/C21H27N3O2/c1-5-24(6-2)21(26)17-8-7-9-18(13-17)23-20(25)14-22-19-11-15(3)10-16(4)12-19/h7-13,22H,5-6,14H2,1-4H3,(H,23,25). The molecule has 138 valence electrons. The molecule has 2 rings (SSSR count). The zero-order chi connectivity index (χ0) is 19.1. The molecule has 0 aromatic heterocycles. The molecule has 0 aliphatic carbocycles. The van der Waals surface area contributed by atoms with Gasteiger partial charge < -0.3 is 15.5 Å². The largest absolute Gasteiger partial charge is 0.376 e. The summed E-state index contributed by atoms with van der Waals surface area (Å²) in [5, 5.41) is 5.97. The van der Waals surface area contributed by atoms with Gasteiger partial charge in [-0.15, -0.1) is 0 Å². The molecule has 5 nitrogen and oxygen atoms in total. The molecule has 0 fully saturated rings. The quantitative estimate of drug-likeness (QED) is 0.795. The number of nitrogens with one attached hydrogen (secondary N) is 2. The molecule has 0 radical (unpaired) electrons. The average molecular weight is 353 g/mol. The molecule has 0 unspecified atom stereocenters. The van der Waals surface area contributed by atoms with Gasteiger partial charge in [0.05, 0.1) is 6.54 Å². The van der Waals surface area contributed by atoms with Crippen LogP contribution in [0.25, 0.3) is 0 Å². The first-order valence-electron chi connectivity index (χ1n) is 8.94. The highest BCUT2D eigenvalue weighted by atomic mass is 16.2. The van der Waals surface area contributed by atoms with Gasteiger partial charge in [-0.05, 0) is 69.2 Å². The van der Waals surface area contributed by atoms with E-state index in [4.69, 9.17) is 0 Å². The van der Waals surface area contributed by atoms with Gasteiger partial charge in [-0.25, -0.2) is 0 Å². The molecule has 0 saturated heterocycles. The number of amides is 2. The van der Waals surface area contributed by atoms with Crippen LogP contribution in [0.15, 0.2) is 42.5 Å². The lowest BCUT2D eigenvalue weighted by molar-refractivity contribution is -0.114. The molecule has 0 aliphatic heterocycles. The molecule has 26 heavy (non-hydrogen) atoms. The number of anilines is 2. The third-order valence-corrected chi connectivity index (χ3v) is 4.12. The first kappa shape index (κ1) is 19.5. The fraction of sp³-hybridized carbons (Fsp3) is 0.333. The van der Waals surface area contributed by atoms with Crippen LogP contribution in [-0.2, 0) is 4.79 Å². The molecule has 0 bridgehead atoms. The first-order valence-corrected chi connectivity index (χ1v) is 8.94. The van der Waals surface area contributed by atoms with E-state index in [9.17, 15) is 9.59 Å². The molecule has 0 spiro atoms. The van der Waals surface area contributed by atoms with Crippen molar-refractivity contribution in [3.63, 3.8) is 0 Å². The predicted octanol–water partition coefficient (Wildman–Crippen LogP) is 3.84. The van der Waals surface area contributed by atoms with E-state index >= 15 is 0 Å². The minimum atomic E-state index is -0.156. The molecule has 0 atom stereocenters. The third-order valence-electron chi connectivity index (χ3n) is 4.12. The van der Waals surface area contributed by atoms with Crippen molar-refractivity contribution in [2.24, 2.45) is 0 Å². The van der Waals surface area contributed by atoms with Crippen molar-refractivity contribution < 1.29 is 9.59 Å². The number of nitrogens with zero attached hydrogens (tertiary/aromatic N) is 1. The fourth-order valence-electron chi connectivity index (χ4n) is 2.89. The first-order chi connectivity index (χ1) is 12.4. The number of hydrogen-bond donors (Lipinski definition) is 2. The van der Waals surface area contributed by atoms with Gasteiger partial charge in [-0.2, -0.15) is 0 Å². The Morgan fingerprint density at radius 1 is 0.923 bits per heavy atom. The maximum absolute atomic E-state index is 12.4. The van der Waals surface area contributed by atoms with Crippen LogP contribution in [0.3, 0.4) is 0 Å². The van der Waals surface area contributed by atoms with E-state index in [0.29, 0.717) is 24.3 Å². The lowest BCUT2D eigenvalue weighted by Gasteiger charge is -2.19. The minimum absolute atomic E-state index is 0.0283. The second-order valence-electron chi connectivity index (χ2n) is 6.34. The molecule has 2 aromatic rings. The van der Waals surface area contributed by atoms with Crippen molar-refractivity contribution in [3.05, 3.63) is 59.2 Å². The molecular weight excluding hydrogens is 326 g/mol.